The molecule has 353 valence electrons. The first-order valence-electron chi connectivity index (χ1n) is 25.4. The topological polar surface area (TPSA) is 78.9 Å². The van der Waals surface area contributed by atoms with Gasteiger partial charge in [0.05, 0.1) is 0 Å². The molecular formula is C48H102Nd2O6P3. The van der Waals surface area contributed by atoms with Gasteiger partial charge in [0.2, 0.25) is 0 Å². The van der Waals surface area contributed by atoms with Crippen LogP contribution in [-0.4, -0.2) is 38.3 Å². The molecule has 0 rings (SSSR count). The van der Waals surface area contributed by atoms with Crippen molar-refractivity contribution in [3.05, 3.63) is 0 Å². The van der Waals surface area contributed by atoms with E-state index in [1.54, 1.807) is 0 Å². The van der Waals surface area contributed by atoms with Crippen molar-refractivity contribution in [2.75, 3.05) is 38.3 Å². The van der Waals surface area contributed by atoms with Crippen molar-refractivity contribution in [2.45, 2.75) is 237 Å². The third-order valence-electron chi connectivity index (χ3n) is 13.2. The monoisotopic (exact) mass is 1150 g/mol. The van der Waals surface area contributed by atoms with Crippen molar-refractivity contribution in [3.8, 4) is 0 Å². The average Bonchev–Trinajstić information content (AvgIpc) is 3.22. The summed E-state index contributed by atoms with van der Waals surface area (Å²) < 4.78 is 61.2. The van der Waals surface area contributed by atoms with Gasteiger partial charge < -0.3 is 0 Å². The third-order valence-corrected chi connectivity index (χ3v) is 87.0. The summed E-state index contributed by atoms with van der Waals surface area (Å²) >= 11 is -4.75. The van der Waals surface area contributed by atoms with Gasteiger partial charge in [-0.1, -0.05) is 0 Å². The summed E-state index contributed by atoms with van der Waals surface area (Å²) in [4.78, 5) is 0. The Morgan fingerprint density at radius 2 is 0.525 bits per heavy atom. The van der Waals surface area contributed by atoms with Crippen LogP contribution < -0.4 is 0 Å². The molecule has 6 nitrogen and oxygen atoms in total. The second-order valence-corrected chi connectivity index (χ2v) is 63.6. The molecule has 0 saturated heterocycles. The normalized spacial score (nSPS) is 18.1. The molecule has 0 aromatic rings. The summed E-state index contributed by atoms with van der Waals surface area (Å²) in [6.07, 6.45) is 25.7. The van der Waals surface area contributed by atoms with Crippen LogP contribution in [0.1, 0.15) is 237 Å². The quantitative estimate of drug-likeness (QED) is 0.0567. The Labute approximate surface area is 413 Å². The van der Waals surface area contributed by atoms with Crippen LogP contribution in [0.3, 0.4) is 0 Å². The molecule has 0 spiro atoms. The van der Waals surface area contributed by atoms with Crippen molar-refractivity contribution < 1.29 is 100 Å². The molecule has 0 aliphatic carbocycles. The Hall–Kier alpha value is 3.27. The zero-order valence-electron chi connectivity index (χ0n) is 41.5. The van der Waals surface area contributed by atoms with Crippen LogP contribution in [0.5, 0.6) is 0 Å². The van der Waals surface area contributed by atoms with Crippen LogP contribution in [-0.2, 0) is 27.3 Å². The predicted octanol–water partition coefficient (Wildman–Crippen LogP) is 18.5. The fourth-order valence-corrected chi connectivity index (χ4v) is 96.3. The fraction of sp³-hybridized carbons (Fsp3) is 1.00. The molecular weight excluding hydrogens is 1050 g/mol. The maximum atomic E-state index is 16.9. The summed E-state index contributed by atoms with van der Waals surface area (Å²) in [6, 6.07) is 0. The predicted molar refractivity (Wildman–Crippen MR) is 255 cm³/mol. The van der Waals surface area contributed by atoms with Crippen molar-refractivity contribution in [3.63, 3.8) is 0 Å². The molecule has 59 heavy (non-hydrogen) atoms. The maximum absolute atomic E-state index is 16.9. The molecule has 9 unspecified atom stereocenters. The Morgan fingerprint density at radius 3 is 0.695 bits per heavy atom. The standard InChI is InChI=1S/3C16H34O2P.2Nd/c3*1-5-9-11-15(7-3)13-18-19(17)14-16(8-4)12-10-6-2;;/h3*15-16H,5-14H2,1-4H3;;/q3*+1;;-3. The molecule has 0 fully saturated rings. The third kappa shape index (κ3) is 26.4. The minimum absolute atomic E-state index is 0. The van der Waals surface area contributed by atoms with Crippen LogP contribution in [0.2, 0.25) is 0 Å². The molecule has 0 aromatic carbocycles. The molecule has 0 radical (unpaired) electrons. The van der Waals surface area contributed by atoms with Crippen LogP contribution in [0.4, 0.5) is 0 Å². The summed E-state index contributed by atoms with van der Waals surface area (Å²) in [5.41, 5.74) is 0. The summed E-state index contributed by atoms with van der Waals surface area (Å²) in [5.74, 6) is 1.34. The molecule has 0 aliphatic heterocycles. The van der Waals surface area contributed by atoms with Crippen LogP contribution in [0, 0.1) is 109 Å². The largest absolute Gasteiger partial charge is 0 e. The molecule has 0 amide bonds. The summed E-state index contributed by atoms with van der Waals surface area (Å²) in [7, 11) is 0. The van der Waals surface area contributed by atoms with Gasteiger partial charge in [0.25, 0.3) is 0 Å². The molecule has 0 heterocycles. The van der Waals surface area contributed by atoms with Crippen molar-refractivity contribution in [1.82, 2.24) is 0 Å². The van der Waals surface area contributed by atoms with E-state index in [9.17, 15) is 0 Å². The van der Waals surface area contributed by atoms with E-state index in [1.807, 2.05) is 0 Å². The van der Waals surface area contributed by atoms with E-state index in [0.717, 1.165) is 154 Å². The minimum Gasteiger partial charge on any atom is 0 e. The number of unbranched alkanes of at least 4 members (excludes halogenated alkanes) is 6. The molecule has 9 atom stereocenters. The van der Waals surface area contributed by atoms with Crippen LogP contribution in [0.15, 0.2) is 0 Å². The number of rotatable bonds is 42. The van der Waals surface area contributed by atoms with Gasteiger partial charge in [0, 0.05) is 40.8 Å². The van der Waals surface area contributed by atoms with Gasteiger partial charge in [-0.15, -0.1) is 0 Å². The van der Waals surface area contributed by atoms with Crippen molar-refractivity contribution in [2.24, 2.45) is 35.5 Å². The van der Waals surface area contributed by atoms with E-state index in [0.29, 0.717) is 38.3 Å². The number of hydrogen-bond donors (Lipinski definition) is 0. The van der Waals surface area contributed by atoms with Crippen LogP contribution in [0.25, 0.3) is 0 Å². The molecule has 0 aromatic heterocycles. The Bertz CT molecular complexity index is 980. The first-order valence-corrected chi connectivity index (χ1v) is 43.8. The fourth-order valence-electron chi connectivity index (χ4n) is 8.42. The molecule has 0 N–H and O–H groups in total. The molecule has 11 heteroatoms. The van der Waals surface area contributed by atoms with Crippen molar-refractivity contribution >= 4 is 6.78 Å². The van der Waals surface area contributed by atoms with Gasteiger partial charge in [-0.25, -0.2) is 0 Å². The van der Waals surface area contributed by atoms with Gasteiger partial charge in [0.15, 0.2) is 0 Å². The molecule has 0 bridgehead atoms. The smallest absolute Gasteiger partial charge is 0 e. The summed E-state index contributed by atoms with van der Waals surface area (Å²) in [6.45, 7) is 27.8. The molecule has 0 aliphatic rings. The first-order chi connectivity index (χ1) is 27.8. The van der Waals surface area contributed by atoms with Gasteiger partial charge in [-0.05, 0) is 0 Å². The second kappa shape index (κ2) is 39.3. The SMILES string of the molecule is CCCCC(CC)CO[P](=O)(CC(CC)CCCC)[Nd]([P](=O)(CC(CC)CCCC)OCC(CC)CCCC)[P](=O)(CC(CC)CCCC)OCC(CC)CCCC.[Nd]. The van der Waals surface area contributed by atoms with E-state index >= 15 is 13.7 Å². The zero-order valence-corrected chi connectivity index (χ0v) is 50.6. The van der Waals surface area contributed by atoms with E-state index in [-0.39, 0.29) is 76.3 Å². The summed E-state index contributed by atoms with van der Waals surface area (Å²) in [5, 5.41) is 0. The minimum atomic E-state index is -4.75. The zero-order chi connectivity index (χ0) is 43.9. The van der Waals surface area contributed by atoms with E-state index in [1.165, 1.54) is 0 Å². The van der Waals surface area contributed by atoms with E-state index in [2.05, 4.69) is 83.1 Å². The van der Waals surface area contributed by atoms with E-state index < -0.39 is 39.1 Å². The Morgan fingerprint density at radius 1 is 0.339 bits per heavy atom. The first kappa shape index (κ1) is 64.4. The van der Waals surface area contributed by atoms with Gasteiger partial charge in [-0.3, -0.25) is 0 Å². The van der Waals surface area contributed by atoms with E-state index in [4.69, 9.17) is 13.6 Å². The Balaban J connectivity index is 0. The average molecular weight is 1160 g/mol. The Kier molecular flexibility index (Phi) is 42.8. The number of hydrogen-bond acceptors (Lipinski definition) is 6. The van der Waals surface area contributed by atoms with Gasteiger partial charge >= 0.3 is 377 Å². The van der Waals surface area contributed by atoms with Crippen molar-refractivity contribution in [1.29, 1.82) is 0 Å². The second-order valence-electron chi connectivity index (χ2n) is 18.3. The van der Waals surface area contributed by atoms with Crippen LogP contribution >= 0.6 is 6.78 Å². The molecule has 0 saturated carbocycles. The van der Waals surface area contributed by atoms with Gasteiger partial charge in [0.1, 0.15) is 0 Å². The van der Waals surface area contributed by atoms with Gasteiger partial charge in [-0.2, -0.15) is 0 Å². The maximum Gasteiger partial charge on any atom is 0 e.